The summed E-state index contributed by atoms with van der Waals surface area (Å²) >= 11 is 0. The smallest absolute Gasteiger partial charge is 0.234 e. The van der Waals surface area contributed by atoms with Gasteiger partial charge in [-0.15, -0.1) is 5.10 Å². The fourth-order valence-electron chi connectivity index (χ4n) is 1.57. The highest BCUT2D eigenvalue weighted by Gasteiger charge is 2.08. The predicted octanol–water partition coefficient (Wildman–Crippen LogP) is -0.763. The average Bonchev–Trinajstić information content (AvgIpc) is 3.07. The van der Waals surface area contributed by atoms with E-state index >= 15 is 0 Å². The van der Waals surface area contributed by atoms with Crippen LogP contribution in [-0.2, 0) is 24.3 Å². The Kier molecular flexibility index (Phi) is 4.77. The highest BCUT2D eigenvalue weighted by Crippen LogP contribution is 2.02. The Morgan fingerprint density at radius 3 is 3.15 bits per heavy atom. The molecule has 0 saturated carbocycles. The summed E-state index contributed by atoms with van der Waals surface area (Å²) in [5.41, 5.74) is 5.83. The first kappa shape index (κ1) is 14.1. The number of rotatable bonds is 7. The molecule has 108 valence electrons. The molecule has 0 fully saturated rings. The number of nitrogens with zero attached hydrogens (tertiary/aromatic N) is 5. The largest absolute Gasteiger partial charge is 0.349 e. The number of hydrogen-bond acceptors (Lipinski definition) is 7. The molecule has 0 saturated heterocycles. The van der Waals surface area contributed by atoms with Crippen LogP contribution in [-0.4, -0.2) is 37.6 Å². The molecule has 0 aliphatic heterocycles. The van der Waals surface area contributed by atoms with E-state index in [1.165, 1.54) is 0 Å². The van der Waals surface area contributed by atoms with E-state index in [4.69, 9.17) is 10.3 Å². The molecule has 1 amide bonds. The van der Waals surface area contributed by atoms with E-state index in [9.17, 15) is 4.79 Å². The van der Waals surface area contributed by atoms with E-state index in [2.05, 4.69) is 25.8 Å². The second-order valence-corrected chi connectivity index (χ2v) is 4.24. The number of hydrogen-bond donors (Lipinski definition) is 2. The summed E-state index contributed by atoms with van der Waals surface area (Å²) in [5, 5.41) is 14.3. The molecule has 2 rings (SSSR count). The molecule has 2 aromatic rings. The van der Waals surface area contributed by atoms with Gasteiger partial charge in [-0.05, 0) is 6.42 Å². The molecular formula is C11H17N7O2. The van der Waals surface area contributed by atoms with Crippen molar-refractivity contribution in [1.82, 2.24) is 30.5 Å². The van der Waals surface area contributed by atoms with Crippen LogP contribution in [0.5, 0.6) is 0 Å². The van der Waals surface area contributed by atoms with E-state index in [1.54, 1.807) is 10.9 Å². The van der Waals surface area contributed by atoms with Gasteiger partial charge in [0.25, 0.3) is 0 Å². The SMILES string of the molecule is CCCc1nc(Cn2cc(CNC(=O)CN)nn2)no1. The molecule has 9 nitrogen and oxygen atoms in total. The minimum absolute atomic E-state index is 0.0444. The van der Waals surface area contributed by atoms with Gasteiger partial charge in [-0.2, -0.15) is 4.98 Å². The third-order valence-corrected chi connectivity index (χ3v) is 2.52. The van der Waals surface area contributed by atoms with E-state index in [0.29, 0.717) is 30.5 Å². The van der Waals surface area contributed by atoms with Gasteiger partial charge in [-0.1, -0.05) is 17.3 Å². The lowest BCUT2D eigenvalue weighted by Crippen LogP contribution is -2.29. The molecule has 0 spiro atoms. The second-order valence-electron chi connectivity index (χ2n) is 4.24. The number of nitrogens with one attached hydrogen (secondary N) is 1. The molecule has 0 aliphatic rings. The molecule has 3 N–H and O–H groups in total. The van der Waals surface area contributed by atoms with Gasteiger partial charge in [0, 0.05) is 6.42 Å². The van der Waals surface area contributed by atoms with Crippen molar-refractivity contribution in [2.45, 2.75) is 32.9 Å². The lowest BCUT2D eigenvalue weighted by Gasteiger charge is -1.98. The second kappa shape index (κ2) is 6.75. The van der Waals surface area contributed by atoms with Crippen molar-refractivity contribution in [2.24, 2.45) is 5.73 Å². The Hall–Kier alpha value is -2.29. The van der Waals surface area contributed by atoms with Crippen LogP contribution in [0.2, 0.25) is 0 Å². The zero-order valence-electron chi connectivity index (χ0n) is 11.2. The fraction of sp³-hybridized carbons (Fsp3) is 0.545. The maximum atomic E-state index is 11.0. The Morgan fingerprint density at radius 2 is 2.40 bits per heavy atom. The zero-order valence-corrected chi connectivity index (χ0v) is 11.2. The van der Waals surface area contributed by atoms with Crippen LogP contribution in [0.4, 0.5) is 0 Å². The molecule has 0 bridgehead atoms. The van der Waals surface area contributed by atoms with Crippen LogP contribution < -0.4 is 11.1 Å². The van der Waals surface area contributed by atoms with Crippen LogP contribution >= 0.6 is 0 Å². The Morgan fingerprint density at radius 1 is 1.55 bits per heavy atom. The summed E-state index contributed by atoms with van der Waals surface area (Å²) in [6.07, 6.45) is 3.43. The number of nitrogens with two attached hydrogens (primary N) is 1. The highest BCUT2D eigenvalue weighted by molar-refractivity contribution is 5.77. The topological polar surface area (TPSA) is 125 Å². The van der Waals surface area contributed by atoms with Gasteiger partial charge in [0.2, 0.25) is 11.8 Å². The molecule has 9 heteroatoms. The number of carbonyl (C=O) groups is 1. The molecule has 0 unspecified atom stereocenters. The van der Waals surface area contributed by atoms with Gasteiger partial charge in [0.15, 0.2) is 5.82 Å². The van der Waals surface area contributed by atoms with Crippen molar-refractivity contribution in [3.8, 4) is 0 Å². The van der Waals surface area contributed by atoms with Crippen LogP contribution in [0, 0.1) is 0 Å². The lowest BCUT2D eigenvalue weighted by atomic mass is 10.3. The Bertz CT molecular complexity index is 563. The van der Waals surface area contributed by atoms with Crippen LogP contribution in [0.1, 0.15) is 30.8 Å². The van der Waals surface area contributed by atoms with Crippen LogP contribution in [0.25, 0.3) is 0 Å². The third kappa shape index (κ3) is 3.85. The van der Waals surface area contributed by atoms with E-state index < -0.39 is 0 Å². The summed E-state index contributed by atoms with van der Waals surface area (Å²) in [5.74, 6) is 0.941. The molecule has 2 aromatic heterocycles. The summed E-state index contributed by atoms with van der Waals surface area (Å²) < 4.78 is 6.67. The minimum Gasteiger partial charge on any atom is -0.349 e. The normalized spacial score (nSPS) is 10.7. The molecule has 20 heavy (non-hydrogen) atoms. The van der Waals surface area contributed by atoms with Crippen LogP contribution in [0.15, 0.2) is 10.7 Å². The number of aryl methyl sites for hydroxylation is 1. The molecular weight excluding hydrogens is 262 g/mol. The Labute approximate surface area is 115 Å². The van der Waals surface area contributed by atoms with E-state index in [-0.39, 0.29) is 12.5 Å². The van der Waals surface area contributed by atoms with E-state index in [1.807, 2.05) is 6.92 Å². The maximum absolute atomic E-state index is 11.0. The van der Waals surface area contributed by atoms with Crippen molar-refractivity contribution in [2.75, 3.05) is 6.54 Å². The number of carbonyl (C=O) groups excluding carboxylic acids is 1. The minimum atomic E-state index is -0.234. The Balaban J connectivity index is 1.89. The monoisotopic (exact) mass is 279 g/mol. The summed E-state index contributed by atoms with van der Waals surface area (Å²) in [6, 6.07) is 0. The molecule has 0 aliphatic carbocycles. The van der Waals surface area contributed by atoms with Gasteiger partial charge < -0.3 is 15.6 Å². The summed E-state index contributed by atoms with van der Waals surface area (Å²) in [7, 11) is 0. The fourth-order valence-corrected chi connectivity index (χ4v) is 1.57. The maximum Gasteiger partial charge on any atom is 0.234 e. The predicted molar refractivity (Wildman–Crippen MR) is 68.3 cm³/mol. The van der Waals surface area contributed by atoms with Crippen molar-refractivity contribution in [3.05, 3.63) is 23.6 Å². The van der Waals surface area contributed by atoms with Gasteiger partial charge in [0.05, 0.1) is 19.3 Å². The first-order valence-electron chi connectivity index (χ1n) is 6.38. The number of aromatic nitrogens is 5. The van der Waals surface area contributed by atoms with Crippen molar-refractivity contribution in [1.29, 1.82) is 0 Å². The van der Waals surface area contributed by atoms with Gasteiger partial charge >= 0.3 is 0 Å². The third-order valence-electron chi connectivity index (χ3n) is 2.52. The van der Waals surface area contributed by atoms with Crippen molar-refractivity contribution >= 4 is 5.91 Å². The quantitative estimate of drug-likeness (QED) is 0.682. The first-order chi connectivity index (χ1) is 9.71. The van der Waals surface area contributed by atoms with Gasteiger partial charge in [0.1, 0.15) is 12.2 Å². The molecule has 0 aromatic carbocycles. The van der Waals surface area contributed by atoms with Gasteiger partial charge in [-0.25, -0.2) is 4.68 Å². The average molecular weight is 279 g/mol. The zero-order chi connectivity index (χ0) is 14.4. The van der Waals surface area contributed by atoms with Crippen molar-refractivity contribution in [3.63, 3.8) is 0 Å². The van der Waals surface area contributed by atoms with Crippen LogP contribution in [0.3, 0.4) is 0 Å². The summed E-state index contributed by atoms with van der Waals surface area (Å²) in [6.45, 7) is 2.68. The standard InChI is InChI=1S/C11H17N7O2/c1-2-3-11-14-9(16-20-11)7-18-6-8(15-17-18)5-13-10(19)4-12/h6H,2-5,7,12H2,1H3,(H,13,19). The molecule has 2 heterocycles. The lowest BCUT2D eigenvalue weighted by molar-refractivity contribution is -0.119. The van der Waals surface area contributed by atoms with Crippen molar-refractivity contribution < 1.29 is 9.32 Å². The van der Waals surface area contributed by atoms with Gasteiger partial charge in [-0.3, -0.25) is 4.79 Å². The molecule has 0 atom stereocenters. The summed E-state index contributed by atoms with van der Waals surface area (Å²) in [4.78, 5) is 15.3. The molecule has 0 radical (unpaired) electrons. The van der Waals surface area contributed by atoms with E-state index in [0.717, 1.165) is 12.8 Å². The first-order valence-corrected chi connectivity index (χ1v) is 6.38. The highest BCUT2D eigenvalue weighted by atomic mass is 16.5. The number of amides is 1.